The standard InChI is InChI=1S/C14H18BrNO3/c1-18-12-5-3-2-4-11(12)13(17)16-14(10-15)6-8-19-9-7-14/h2-5H,6-10H2,1H3,(H,16,17). The molecule has 1 fully saturated rings. The van der Waals surface area contributed by atoms with Crippen LogP contribution in [0, 0.1) is 0 Å². The lowest BCUT2D eigenvalue weighted by molar-refractivity contribution is 0.0441. The Morgan fingerprint density at radius 1 is 1.42 bits per heavy atom. The van der Waals surface area contributed by atoms with Crippen molar-refractivity contribution in [3.05, 3.63) is 29.8 Å². The highest BCUT2D eigenvalue weighted by atomic mass is 79.9. The van der Waals surface area contributed by atoms with Crippen molar-refractivity contribution in [2.24, 2.45) is 0 Å². The summed E-state index contributed by atoms with van der Waals surface area (Å²) in [6.07, 6.45) is 1.64. The lowest BCUT2D eigenvalue weighted by Crippen LogP contribution is -2.53. The van der Waals surface area contributed by atoms with Crippen molar-refractivity contribution in [2.75, 3.05) is 25.7 Å². The van der Waals surface area contributed by atoms with E-state index in [1.807, 2.05) is 12.1 Å². The van der Waals surface area contributed by atoms with E-state index in [9.17, 15) is 4.79 Å². The number of para-hydroxylation sites is 1. The molecule has 1 aromatic rings. The maximum Gasteiger partial charge on any atom is 0.255 e. The first-order chi connectivity index (χ1) is 9.21. The Labute approximate surface area is 121 Å². The zero-order valence-electron chi connectivity index (χ0n) is 10.9. The van der Waals surface area contributed by atoms with E-state index in [0.717, 1.165) is 18.2 Å². The fourth-order valence-electron chi connectivity index (χ4n) is 2.19. The van der Waals surface area contributed by atoms with Gasteiger partial charge in [-0.3, -0.25) is 4.79 Å². The van der Waals surface area contributed by atoms with Gasteiger partial charge in [0.25, 0.3) is 5.91 Å². The predicted molar refractivity (Wildman–Crippen MR) is 77.0 cm³/mol. The molecule has 104 valence electrons. The number of alkyl halides is 1. The Kier molecular flexibility index (Phi) is 4.82. The average Bonchev–Trinajstić information content (AvgIpc) is 2.48. The first-order valence-electron chi connectivity index (χ1n) is 6.30. The quantitative estimate of drug-likeness (QED) is 0.864. The van der Waals surface area contributed by atoms with Crippen LogP contribution in [-0.4, -0.2) is 37.1 Å². The number of benzene rings is 1. The van der Waals surface area contributed by atoms with E-state index >= 15 is 0 Å². The van der Waals surface area contributed by atoms with Gasteiger partial charge in [0, 0.05) is 18.5 Å². The third-order valence-electron chi connectivity index (χ3n) is 3.44. The molecule has 0 radical (unpaired) electrons. The summed E-state index contributed by atoms with van der Waals surface area (Å²) < 4.78 is 10.6. The van der Waals surface area contributed by atoms with Gasteiger partial charge in [0.05, 0.1) is 18.2 Å². The largest absolute Gasteiger partial charge is 0.496 e. The van der Waals surface area contributed by atoms with Gasteiger partial charge in [-0.05, 0) is 25.0 Å². The van der Waals surface area contributed by atoms with E-state index in [4.69, 9.17) is 9.47 Å². The van der Waals surface area contributed by atoms with Gasteiger partial charge in [0.15, 0.2) is 0 Å². The highest BCUT2D eigenvalue weighted by molar-refractivity contribution is 9.09. The van der Waals surface area contributed by atoms with Crippen LogP contribution in [0.5, 0.6) is 5.75 Å². The predicted octanol–water partition coefficient (Wildman–Crippen LogP) is 2.37. The van der Waals surface area contributed by atoms with Crippen molar-refractivity contribution >= 4 is 21.8 Å². The molecule has 5 heteroatoms. The topological polar surface area (TPSA) is 47.6 Å². The van der Waals surface area contributed by atoms with Crippen LogP contribution in [0.1, 0.15) is 23.2 Å². The van der Waals surface area contributed by atoms with Crippen LogP contribution in [0.15, 0.2) is 24.3 Å². The van der Waals surface area contributed by atoms with Crippen molar-refractivity contribution in [3.63, 3.8) is 0 Å². The van der Waals surface area contributed by atoms with Gasteiger partial charge in [-0.15, -0.1) is 0 Å². The van der Waals surface area contributed by atoms with Gasteiger partial charge in [-0.1, -0.05) is 28.1 Å². The molecule has 1 aliphatic heterocycles. The summed E-state index contributed by atoms with van der Waals surface area (Å²) in [7, 11) is 1.57. The molecule has 1 aliphatic rings. The molecular formula is C14H18BrNO3. The Morgan fingerprint density at radius 2 is 2.11 bits per heavy atom. The molecule has 19 heavy (non-hydrogen) atoms. The number of ether oxygens (including phenoxy) is 2. The number of carbonyl (C=O) groups excluding carboxylic acids is 1. The van der Waals surface area contributed by atoms with Crippen LogP contribution < -0.4 is 10.1 Å². The second-order valence-corrected chi connectivity index (χ2v) is 5.24. The highest BCUT2D eigenvalue weighted by Crippen LogP contribution is 2.25. The zero-order chi connectivity index (χ0) is 13.7. The number of amides is 1. The lowest BCUT2D eigenvalue weighted by atomic mass is 9.92. The number of carbonyl (C=O) groups is 1. The van der Waals surface area contributed by atoms with Crippen molar-refractivity contribution in [1.29, 1.82) is 0 Å². The number of methoxy groups -OCH3 is 1. The summed E-state index contributed by atoms with van der Waals surface area (Å²) in [6, 6.07) is 7.25. The molecular weight excluding hydrogens is 310 g/mol. The van der Waals surface area contributed by atoms with Gasteiger partial charge in [0.1, 0.15) is 5.75 Å². The van der Waals surface area contributed by atoms with E-state index in [0.29, 0.717) is 24.5 Å². The molecule has 1 amide bonds. The van der Waals surface area contributed by atoms with Crippen LogP contribution in [0.25, 0.3) is 0 Å². The minimum absolute atomic E-state index is 0.0983. The van der Waals surface area contributed by atoms with Crippen molar-refractivity contribution in [3.8, 4) is 5.75 Å². The number of rotatable bonds is 4. The molecule has 0 atom stereocenters. The van der Waals surface area contributed by atoms with Crippen molar-refractivity contribution in [1.82, 2.24) is 5.32 Å². The van der Waals surface area contributed by atoms with E-state index in [-0.39, 0.29) is 11.4 Å². The second-order valence-electron chi connectivity index (χ2n) is 4.68. The minimum Gasteiger partial charge on any atom is -0.496 e. The molecule has 0 unspecified atom stereocenters. The molecule has 1 aromatic carbocycles. The van der Waals surface area contributed by atoms with E-state index in [1.54, 1.807) is 19.2 Å². The molecule has 0 aliphatic carbocycles. The highest BCUT2D eigenvalue weighted by Gasteiger charge is 2.33. The Balaban J connectivity index is 2.15. The normalized spacial score (nSPS) is 17.8. The number of halogens is 1. The Morgan fingerprint density at radius 3 is 2.74 bits per heavy atom. The molecule has 0 aromatic heterocycles. The summed E-state index contributed by atoms with van der Waals surface area (Å²) in [5.41, 5.74) is 0.340. The number of nitrogens with one attached hydrogen (secondary N) is 1. The monoisotopic (exact) mass is 327 g/mol. The second kappa shape index (κ2) is 6.39. The first-order valence-corrected chi connectivity index (χ1v) is 7.42. The van der Waals surface area contributed by atoms with Gasteiger partial charge >= 0.3 is 0 Å². The van der Waals surface area contributed by atoms with Crippen LogP contribution >= 0.6 is 15.9 Å². The molecule has 1 heterocycles. The van der Waals surface area contributed by atoms with E-state index < -0.39 is 0 Å². The summed E-state index contributed by atoms with van der Waals surface area (Å²) in [5, 5.41) is 3.85. The van der Waals surface area contributed by atoms with Crippen LogP contribution in [0.3, 0.4) is 0 Å². The summed E-state index contributed by atoms with van der Waals surface area (Å²) >= 11 is 3.50. The summed E-state index contributed by atoms with van der Waals surface area (Å²) in [6.45, 7) is 1.36. The van der Waals surface area contributed by atoms with Gasteiger partial charge in [-0.25, -0.2) is 0 Å². The fraction of sp³-hybridized carbons (Fsp3) is 0.500. The molecule has 0 saturated carbocycles. The first kappa shape index (κ1) is 14.3. The van der Waals surface area contributed by atoms with E-state index in [2.05, 4.69) is 21.2 Å². The maximum absolute atomic E-state index is 12.4. The molecule has 1 saturated heterocycles. The third-order valence-corrected chi connectivity index (χ3v) is 4.51. The van der Waals surface area contributed by atoms with Crippen LogP contribution in [-0.2, 0) is 4.74 Å². The Bertz CT molecular complexity index is 444. The zero-order valence-corrected chi connectivity index (χ0v) is 12.5. The fourth-order valence-corrected chi connectivity index (χ4v) is 2.90. The summed E-state index contributed by atoms with van der Waals surface area (Å²) in [4.78, 5) is 12.4. The summed E-state index contributed by atoms with van der Waals surface area (Å²) in [5.74, 6) is 0.496. The number of hydrogen-bond donors (Lipinski definition) is 1. The van der Waals surface area contributed by atoms with E-state index in [1.165, 1.54) is 0 Å². The van der Waals surface area contributed by atoms with Crippen molar-refractivity contribution < 1.29 is 14.3 Å². The van der Waals surface area contributed by atoms with Gasteiger partial charge in [-0.2, -0.15) is 0 Å². The molecule has 1 N–H and O–H groups in total. The number of hydrogen-bond acceptors (Lipinski definition) is 3. The molecule has 0 bridgehead atoms. The van der Waals surface area contributed by atoms with Gasteiger partial charge < -0.3 is 14.8 Å². The lowest BCUT2D eigenvalue weighted by Gasteiger charge is -2.36. The molecule has 0 spiro atoms. The van der Waals surface area contributed by atoms with Crippen LogP contribution in [0.2, 0.25) is 0 Å². The third kappa shape index (κ3) is 3.28. The maximum atomic E-state index is 12.4. The smallest absolute Gasteiger partial charge is 0.255 e. The minimum atomic E-state index is -0.226. The van der Waals surface area contributed by atoms with Crippen LogP contribution in [0.4, 0.5) is 0 Å². The molecule has 4 nitrogen and oxygen atoms in total. The SMILES string of the molecule is COc1ccccc1C(=O)NC1(CBr)CCOCC1. The van der Waals surface area contributed by atoms with Crippen molar-refractivity contribution in [2.45, 2.75) is 18.4 Å². The molecule has 2 rings (SSSR count). The Hall–Kier alpha value is -1.07. The average molecular weight is 328 g/mol. The van der Waals surface area contributed by atoms with Gasteiger partial charge in [0.2, 0.25) is 0 Å².